The van der Waals surface area contributed by atoms with Crippen LogP contribution in [0, 0.1) is 0 Å². The number of amides is 1. The second kappa shape index (κ2) is 5.53. The number of likely N-dealkylation sites (tertiary alicyclic amines) is 1. The predicted octanol–water partition coefficient (Wildman–Crippen LogP) is 1.67. The first-order chi connectivity index (χ1) is 9.43. The summed E-state index contributed by atoms with van der Waals surface area (Å²) in [5.74, 6) is -1.07. The van der Waals surface area contributed by atoms with Crippen LogP contribution in [-0.2, 0) is 16.0 Å². The number of anilines is 1. The Hall–Kier alpha value is -2.04. The molecule has 1 aromatic rings. The van der Waals surface area contributed by atoms with Crippen LogP contribution in [0.15, 0.2) is 24.3 Å². The van der Waals surface area contributed by atoms with Gasteiger partial charge in [-0.05, 0) is 43.9 Å². The molecule has 1 aliphatic rings. The van der Waals surface area contributed by atoms with Crippen LogP contribution in [0.25, 0.3) is 0 Å². The summed E-state index contributed by atoms with van der Waals surface area (Å²) in [5.41, 5.74) is 6.03. The van der Waals surface area contributed by atoms with E-state index in [2.05, 4.69) is 0 Å². The summed E-state index contributed by atoms with van der Waals surface area (Å²) in [5, 5.41) is 9.41. The van der Waals surface area contributed by atoms with E-state index in [0.29, 0.717) is 18.7 Å². The first kappa shape index (κ1) is 14.4. The highest BCUT2D eigenvalue weighted by atomic mass is 16.4. The van der Waals surface area contributed by atoms with Crippen molar-refractivity contribution in [3.8, 4) is 0 Å². The smallest absolute Gasteiger partial charge is 0.329 e. The van der Waals surface area contributed by atoms with Gasteiger partial charge in [0.25, 0.3) is 0 Å². The molecule has 0 spiro atoms. The Morgan fingerprint density at radius 1 is 1.30 bits per heavy atom. The highest BCUT2D eigenvalue weighted by molar-refractivity contribution is 5.88. The number of benzene rings is 1. The van der Waals surface area contributed by atoms with Crippen molar-refractivity contribution < 1.29 is 14.7 Å². The zero-order valence-corrected chi connectivity index (χ0v) is 11.6. The summed E-state index contributed by atoms with van der Waals surface area (Å²) in [7, 11) is 0. The summed E-state index contributed by atoms with van der Waals surface area (Å²) in [6.45, 7) is 2.14. The molecule has 0 aromatic heterocycles. The van der Waals surface area contributed by atoms with E-state index in [1.807, 2.05) is 0 Å². The van der Waals surface area contributed by atoms with Crippen LogP contribution >= 0.6 is 0 Å². The molecule has 1 aromatic carbocycles. The van der Waals surface area contributed by atoms with Crippen molar-refractivity contribution in [2.45, 2.75) is 38.1 Å². The fraction of sp³-hybridized carbons (Fsp3) is 0.467. The standard InChI is InChI=1S/C15H20N2O3/c1-15(14(19)20)8-2-3-9-17(15)13(18)10-11-4-6-12(16)7-5-11/h4-7H,2-3,8-10,16H2,1H3,(H,19,20). The van der Waals surface area contributed by atoms with Gasteiger partial charge < -0.3 is 15.7 Å². The van der Waals surface area contributed by atoms with Gasteiger partial charge in [0.2, 0.25) is 5.91 Å². The number of nitrogens with two attached hydrogens (primary N) is 1. The van der Waals surface area contributed by atoms with Crippen molar-refractivity contribution in [2.24, 2.45) is 0 Å². The lowest BCUT2D eigenvalue weighted by atomic mass is 9.88. The number of carboxylic acids is 1. The van der Waals surface area contributed by atoms with Gasteiger partial charge in [-0.25, -0.2) is 4.79 Å². The number of hydrogen-bond donors (Lipinski definition) is 2. The third-order valence-electron chi connectivity index (χ3n) is 3.99. The van der Waals surface area contributed by atoms with Crippen LogP contribution in [0.1, 0.15) is 31.7 Å². The fourth-order valence-corrected chi connectivity index (χ4v) is 2.65. The van der Waals surface area contributed by atoms with Crippen LogP contribution in [0.3, 0.4) is 0 Å². The average molecular weight is 276 g/mol. The number of nitrogens with zero attached hydrogens (tertiary/aromatic N) is 1. The van der Waals surface area contributed by atoms with Gasteiger partial charge in [0.05, 0.1) is 6.42 Å². The molecule has 20 heavy (non-hydrogen) atoms. The maximum Gasteiger partial charge on any atom is 0.329 e. The van der Waals surface area contributed by atoms with Gasteiger partial charge in [-0.1, -0.05) is 12.1 Å². The summed E-state index contributed by atoms with van der Waals surface area (Å²) in [4.78, 5) is 25.4. The van der Waals surface area contributed by atoms with E-state index in [9.17, 15) is 14.7 Å². The average Bonchev–Trinajstić information content (AvgIpc) is 2.41. The monoisotopic (exact) mass is 276 g/mol. The van der Waals surface area contributed by atoms with Crippen molar-refractivity contribution in [3.63, 3.8) is 0 Å². The Bertz CT molecular complexity index is 512. The van der Waals surface area contributed by atoms with Crippen LogP contribution < -0.4 is 5.73 Å². The van der Waals surface area contributed by atoms with Crippen molar-refractivity contribution in [1.82, 2.24) is 4.90 Å². The van der Waals surface area contributed by atoms with Crippen LogP contribution in [-0.4, -0.2) is 34.0 Å². The Kier molecular flexibility index (Phi) is 3.97. The number of carboxylic acid groups (broad SMARTS) is 1. The minimum Gasteiger partial charge on any atom is -0.480 e. The van der Waals surface area contributed by atoms with E-state index in [4.69, 9.17) is 5.73 Å². The number of rotatable bonds is 3. The SMILES string of the molecule is CC1(C(=O)O)CCCCN1C(=O)Cc1ccc(N)cc1. The first-order valence-corrected chi connectivity index (χ1v) is 6.82. The van der Waals surface area contributed by atoms with Gasteiger partial charge in [0, 0.05) is 12.2 Å². The molecule has 1 fully saturated rings. The van der Waals surface area contributed by atoms with E-state index < -0.39 is 11.5 Å². The highest BCUT2D eigenvalue weighted by Gasteiger charge is 2.43. The third-order valence-corrected chi connectivity index (χ3v) is 3.99. The normalized spacial score (nSPS) is 22.6. The van der Waals surface area contributed by atoms with Crippen molar-refractivity contribution in [2.75, 3.05) is 12.3 Å². The van der Waals surface area contributed by atoms with Crippen molar-refractivity contribution in [3.05, 3.63) is 29.8 Å². The molecule has 1 amide bonds. The van der Waals surface area contributed by atoms with E-state index in [-0.39, 0.29) is 12.3 Å². The summed E-state index contributed by atoms with van der Waals surface area (Å²) >= 11 is 0. The molecule has 1 unspecified atom stereocenters. The Morgan fingerprint density at radius 2 is 1.95 bits per heavy atom. The molecule has 1 heterocycles. The van der Waals surface area contributed by atoms with Gasteiger partial charge in [-0.2, -0.15) is 0 Å². The van der Waals surface area contributed by atoms with Gasteiger partial charge in [-0.15, -0.1) is 0 Å². The maximum absolute atomic E-state index is 12.4. The summed E-state index contributed by atoms with van der Waals surface area (Å²) in [6.07, 6.45) is 2.42. The number of nitrogen functional groups attached to an aromatic ring is 1. The Balaban J connectivity index is 2.14. The first-order valence-electron chi connectivity index (χ1n) is 6.82. The third kappa shape index (κ3) is 2.76. The van der Waals surface area contributed by atoms with Gasteiger partial charge in [0.1, 0.15) is 5.54 Å². The molecule has 0 aliphatic carbocycles. The number of carbonyl (C=O) groups excluding carboxylic acids is 1. The lowest BCUT2D eigenvalue weighted by Crippen LogP contribution is -2.57. The van der Waals surface area contributed by atoms with Gasteiger partial charge in [-0.3, -0.25) is 4.79 Å². The van der Waals surface area contributed by atoms with Crippen molar-refractivity contribution >= 4 is 17.6 Å². The molecule has 1 saturated heterocycles. The molecular formula is C15H20N2O3. The van der Waals surface area contributed by atoms with E-state index in [1.165, 1.54) is 4.90 Å². The number of piperidine rings is 1. The fourth-order valence-electron chi connectivity index (χ4n) is 2.65. The molecule has 5 heteroatoms. The Morgan fingerprint density at radius 3 is 2.55 bits per heavy atom. The maximum atomic E-state index is 12.4. The molecule has 0 bridgehead atoms. The molecule has 1 aliphatic heterocycles. The van der Waals surface area contributed by atoms with Gasteiger partial charge >= 0.3 is 5.97 Å². The molecular weight excluding hydrogens is 256 g/mol. The Labute approximate surface area is 118 Å². The largest absolute Gasteiger partial charge is 0.480 e. The minimum absolute atomic E-state index is 0.139. The minimum atomic E-state index is -1.08. The second-order valence-electron chi connectivity index (χ2n) is 5.50. The van der Waals surface area contributed by atoms with Crippen LogP contribution in [0.2, 0.25) is 0 Å². The van der Waals surface area contributed by atoms with Gasteiger partial charge in [0.15, 0.2) is 0 Å². The van der Waals surface area contributed by atoms with E-state index >= 15 is 0 Å². The van der Waals surface area contributed by atoms with E-state index in [1.54, 1.807) is 31.2 Å². The summed E-state index contributed by atoms with van der Waals surface area (Å²) < 4.78 is 0. The molecule has 3 N–H and O–H groups in total. The predicted molar refractivity (Wildman–Crippen MR) is 76.2 cm³/mol. The summed E-state index contributed by atoms with van der Waals surface area (Å²) in [6, 6.07) is 7.09. The van der Waals surface area contributed by atoms with Crippen LogP contribution in [0.5, 0.6) is 0 Å². The quantitative estimate of drug-likeness (QED) is 0.822. The number of hydrogen-bond acceptors (Lipinski definition) is 3. The molecule has 1 atom stereocenters. The molecule has 0 radical (unpaired) electrons. The zero-order valence-electron chi connectivity index (χ0n) is 11.6. The molecule has 108 valence electrons. The van der Waals surface area contributed by atoms with Crippen LogP contribution in [0.4, 0.5) is 5.69 Å². The highest BCUT2D eigenvalue weighted by Crippen LogP contribution is 2.29. The molecule has 0 saturated carbocycles. The van der Waals surface area contributed by atoms with E-state index in [0.717, 1.165) is 18.4 Å². The topological polar surface area (TPSA) is 83.6 Å². The zero-order chi connectivity index (χ0) is 14.8. The second-order valence-corrected chi connectivity index (χ2v) is 5.50. The number of carbonyl (C=O) groups is 2. The lowest BCUT2D eigenvalue weighted by molar-refractivity contribution is -0.160. The molecule has 5 nitrogen and oxygen atoms in total. The van der Waals surface area contributed by atoms with Crippen molar-refractivity contribution in [1.29, 1.82) is 0 Å². The number of aliphatic carboxylic acids is 1. The molecule has 2 rings (SSSR count). The lowest BCUT2D eigenvalue weighted by Gasteiger charge is -2.41.